The SMILES string of the molecule is CN(C(=O)Cn1c(=O)n(C)c2ccccc21)C1C2CC3CC(C2)CC1C3. The quantitative estimate of drug-likeness (QED) is 0.852. The zero-order valence-corrected chi connectivity index (χ0v) is 15.6. The van der Waals surface area contributed by atoms with E-state index in [-0.39, 0.29) is 18.1 Å². The maximum absolute atomic E-state index is 13.1. The summed E-state index contributed by atoms with van der Waals surface area (Å²) in [6, 6.07) is 8.08. The maximum Gasteiger partial charge on any atom is 0.329 e. The molecule has 138 valence electrons. The van der Waals surface area contributed by atoms with Crippen LogP contribution in [-0.2, 0) is 18.4 Å². The third kappa shape index (κ3) is 2.29. The summed E-state index contributed by atoms with van der Waals surface area (Å²) in [5.41, 5.74) is 1.60. The van der Waals surface area contributed by atoms with Gasteiger partial charge >= 0.3 is 5.69 Å². The number of para-hydroxylation sites is 2. The number of carbonyl (C=O) groups excluding carboxylic acids is 1. The zero-order valence-electron chi connectivity index (χ0n) is 15.6. The van der Waals surface area contributed by atoms with Crippen LogP contribution in [0, 0.1) is 23.7 Å². The van der Waals surface area contributed by atoms with Crippen molar-refractivity contribution in [2.24, 2.45) is 30.7 Å². The van der Waals surface area contributed by atoms with Gasteiger partial charge in [0.1, 0.15) is 6.54 Å². The fourth-order valence-corrected chi connectivity index (χ4v) is 6.46. The van der Waals surface area contributed by atoms with E-state index in [1.807, 2.05) is 36.2 Å². The van der Waals surface area contributed by atoms with Crippen LogP contribution < -0.4 is 5.69 Å². The molecule has 0 saturated heterocycles. The molecule has 1 heterocycles. The van der Waals surface area contributed by atoms with Gasteiger partial charge in [0, 0.05) is 20.1 Å². The van der Waals surface area contributed by atoms with Crippen LogP contribution in [0.2, 0.25) is 0 Å². The molecule has 1 amide bonds. The number of hydrogen-bond donors (Lipinski definition) is 0. The summed E-state index contributed by atoms with van der Waals surface area (Å²) >= 11 is 0. The van der Waals surface area contributed by atoms with Gasteiger partial charge < -0.3 is 4.90 Å². The van der Waals surface area contributed by atoms with Crippen molar-refractivity contribution >= 4 is 16.9 Å². The minimum atomic E-state index is -0.113. The van der Waals surface area contributed by atoms with Crippen molar-refractivity contribution in [2.75, 3.05) is 7.05 Å². The molecule has 4 bridgehead atoms. The number of benzene rings is 1. The number of hydrogen-bond acceptors (Lipinski definition) is 2. The van der Waals surface area contributed by atoms with Gasteiger partial charge in [-0.05, 0) is 67.9 Å². The first kappa shape index (κ1) is 16.2. The largest absolute Gasteiger partial charge is 0.341 e. The topological polar surface area (TPSA) is 47.2 Å². The van der Waals surface area contributed by atoms with E-state index in [4.69, 9.17) is 0 Å². The van der Waals surface area contributed by atoms with E-state index in [0.717, 1.165) is 22.9 Å². The predicted octanol–water partition coefficient (Wildman–Crippen LogP) is 2.62. The van der Waals surface area contributed by atoms with Gasteiger partial charge in [-0.2, -0.15) is 0 Å². The molecule has 26 heavy (non-hydrogen) atoms. The molecule has 4 aliphatic carbocycles. The van der Waals surface area contributed by atoms with Gasteiger partial charge in [0.25, 0.3) is 0 Å². The molecule has 0 atom stereocenters. The lowest BCUT2D eigenvalue weighted by molar-refractivity contribution is -0.141. The molecule has 0 radical (unpaired) electrons. The maximum atomic E-state index is 13.1. The van der Waals surface area contributed by atoms with Gasteiger partial charge in [-0.25, -0.2) is 4.79 Å². The van der Waals surface area contributed by atoms with E-state index >= 15 is 0 Å². The molecule has 5 nitrogen and oxygen atoms in total. The molecule has 4 aliphatic rings. The Morgan fingerprint density at radius 2 is 1.62 bits per heavy atom. The Morgan fingerprint density at radius 3 is 2.23 bits per heavy atom. The Labute approximate surface area is 153 Å². The molecule has 0 unspecified atom stereocenters. The molecule has 6 rings (SSSR count). The summed E-state index contributed by atoms with van der Waals surface area (Å²) in [6.07, 6.45) is 6.60. The summed E-state index contributed by atoms with van der Waals surface area (Å²) in [5, 5.41) is 0. The van der Waals surface area contributed by atoms with Crippen LogP contribution in [0.25, 0.3) is 11.0 Å². The number of nitrogens with zero attached hydrogens (tertiary/aromatic N) is 3. The first-order chi connectivity index (χ1) is 12.5. The van der Waals surface area contributed by atoms with Crippen LogP contribution in [0.4, 0.5) is 0 Å². The minimum absolute atomic E-state index is 0.0703. The first-order valence-electron chi connectivity index (χ1n) is 9.93. The highest BCUT2D eigenvalue weighted by Crippen LogP contribution is 2.54. The van der Waals surface area contributed by atoms with Gasteiger partial charge in [-0.15, -0.1) is 0 Å². The molecular formula is C21H27N3O2. The molecule has 0 aliphatic heterocycles. The van der Waals surface area contributed by atoms with Crippen molar-refractivity contribution in [1.29, 1.82) is 0 Å². The molecule has 2 aromatic rings. The van der Waals surface area contributed by atoms with Crippen molar-refractivity contribution < 1.29 is 4.79 Å². The second kappa shape index (κ2) is 5.73. The number of fused-ring (bicyclic) bond motifs is 1. The van der Waals surface area contributed by atoms with Crippen molar-refractivity contribution in [1.82, 2.24) is 14.0 Å². The Bertz CT molecular complexity index is 897. The average molecular weight is 353 g/mol. The second-order valence-electron chi connectivity index (χ2n) is 8.84. The molecule has 0 N–H and O–H groups in total. The van der Waals surface area contributed by atoms with Gasteiger partial charge in [0.05, 0.1) is 11.0 Å². The number of aromatic nitrogens is 2. The molecule has 4 saturated carbocycles. The lowest BCUT2D eigenvalue weighted by atomic mass is 9.54. The highest BCUT2D eigenvalue weighted by molar-refractivity contribution is 5.81. The summed E-state index contributed by atoms with van der Waals surface area (Å²) < 4.78 is 3.26. The zero-order chi connectivity index (χ0) is 18.0. The third-order valence-corrected chi connectivity index (χ3v) is 7.36. The molecular weight excluding hydrogens is 326 g/mol. The van der Waals surface area contributed by atoms with E-state index in [0.29, 0.717) is 17.9 Å². The Balaban J connectivity index is 1.41. The first-order valence-corrected chi connectivity index (χ1v) is 9.93. The molecule has 0 spiro atoms. The normalized spacial score (nSPS) is 32.3. The minimum Gasteiger partial charge on any atom is -0.341 e. The van der Waals surface area contributed by atoms with E-state index in [9.17, 15) is 9.59 Å². The highest BCUT2D eigenvalue weighted by Gasteiger charge is 2.50. The van der Waals surface area contributed by atoms with E-state index < -0.39 is 0 Å². The molecule has 1 aromatic carbocycles. The number of rotatable bonds is 3. The van der Waals surface area contributed by atoms with Crippen LogP contribution in [0.15, 0.2) is 29.1 Å². The monoisotopic (exact) mass is 353 g/mol. The highest BCUT2D eigenvalue weighted by atomic mass is 16.2. The number of likely N-dealkylation sites (N-methyl/N-ethyl adjacent to an activating group) is 1. The van der Waals surface area contributed by atoms with E-state index in [1.54, 1.807) is 16.2 Å². The summed E-state index contributed by atoms with van der Waals surface area (Å²) in [6.45, 7) is 0.138. The standard InChI is InChI=1S/C21H27N3O2/c1-22-17-5-3-4-6-18(17)24(21(22)26)12-19(25)23(2)20-15-8-13-7-14(10-15)11-16(20)9-13/h3-6,13-16,20H,7-12H2,1-2H3. The van der Waals surface area contributed by atoms with Gasteiger partial charge in [0.15, 0.2) is 0 Å². The number of imidazole rings is 1. The fourth-order valence-electron chi connectivity index (χ4n) is 6.46. The van der Waals surface area contributed by atoms with Crippen LogP contribution in [0.3, 0.4) is 0 Å². The Kier molecular flexibility index (Phi) is 3.56. The second-order valence-corrected chi connectivity index (χ2v) is 8.84. The van der Waals surface area contributed by atoms with Crippen molar-refractivity contribution in [3.8, 4) is 0 Å². The third-order valence-electron chi connectivity index (χ3n) is 7.36. The van der Waals surface area contributed by atoms with Crippen molar-refractivity contribution in [3.05, 3.63) is 34.7 Å². The lowest BCUT2D eigenvalue weighted by Crippen LogP contribution is -2.56. The Morgan fingerprint density at radius 1 is 1.04 bits per heavy atom. The summed E-state index contributed by atoms with van der Waals surface area (Å²) in [4.78, 5) is 27.7. The Hall–Kier alpha value is -2.04. The molecule has 4 fully saturated rings. The number of amides is 1. The van der Waals surface area contributed by atoms with Gasteiger partial charge in [0.2, 0.25) is 5.91 Å². The predicted molar refractivity (Wildman–Crippen MR) is 101 cm³/mol. The lowest BCUT2D eigenvalue weighted by Gasteiger charge is -2.56. The fraction of sp³-hybridized carbons (Fsp3) is 0.619. The molecule has 1 aromatic heterocycles. The van der Waals surface area contributed by atoms with Gasteiger partial charge in [-0.1, -0.05) is 12.1 Å². The average Bonchev–Trinajstić information content (AvgIpc) is 2.86. The summed E-state index contributed by atoms with van der Waals surface area (Å²) in [5.74, 6) is 3.21. The van der Waals surface area contributed by atoms with Crippen LogP contribution in [-0.4, -0.2) is 33.0 Å². The van der Waals surface area contributed by atoms with E-state index in [2.05, 4.69) is 0 Å². The summed E-state index contributed by atoms with van der Waals surface area (Å²) in [7, 11) is 3.73. The number of aryl methyl sites for hydroxylation is 1. The van der Waals surface area contributed by atoms with Crippen LogP contribution >= 0.6 is 0 Å². The van der Waals surface area contributed by atoms with Crippen LogP contribution in [0.1, 0.15) is 32.1 Å². The van der Waals surface area contributed by atoms with E-state index in [1.165, 1.54) is 32.1 Å². The van der Waals surface area contributed by atoms with Crippen molar-refractivity contribution in [2.45, 2.75) is 44.7 Å². The smallest absolute Gasteiger partial charge is 0.329 e. The number of carbonyl (C=O) groups is 1. The van der Waals surface area contributed by atoms with Gasteiger partial charge in [-0.3, -0.25) is 13.9 Å². The molecule has 5 heteroatoms. The van der Waals surface area contributed by atoms with Crippen LogP contribution in [0.5, 0.6) is 0 Å². The van der Waals surface area contributed by atoms with Crippen molar-refractivity contribution in [3.63, 3.8) is 0 Å².